The van der Waals surface area contributed by atoms with Crippen molar-refractivity contribution >= 4 is 16.8 Å². The molecule has 0 saturated carbocycles. The number of furan rings is 1. The topological polar surface area (TPSA) is 49.6 Å². The molecule has 2 aromatic carbocycles. The van der Waals surface area contributed by atoms with Gasteiger partial charge in [0.1, 0.15) is 11.6 Å². The Kier molecular flexibility index (Phi) is 7.09. The lowest BCUT2D eigenvalue weighted by Crippen LogP contribution is -2.47. The van der Waals surface area contributed by atoms with Crippen molar-refractivity contribution in [2.75, 3.05) is 20.1 Å². The quantitative estimate of drug-likeness (QED) is 0.334. The average molecular weight is 490 g/mol. The zero-order valence-electron chi connectivity index (χ0n) is 20.2. The van der Waals surface area contributed by atoms with Gasteiger partial charge in [-0.1, -0.05) is 24.3 Å². The van der Waals surface area contributed by atoms with Gasteiger partial charge in [0.2, 0.25) is 0 Å². The Bertz CT molecular complexity index is 1330. The zero-order valence-corrected chi connectivity index (χ0v) is 20.2. The Balaban J connectivity index is 1.32. The molecule has 3 heterocycles. The van der Waals surface area contributed by atoms with Crippen LogP contribution >= 0.6 is 0 Å². The number of aromatic nitrogens is 1. The van der Waals surface area contributed by atoms with Gasteiger partial charge in [0.25, 0.3) is 5.91 Å². The summed E-state index contributed by atoms with van der Waals surface area (Å²) in [5.41, 5.74) is 2.64. The van der Waals surface area contributed by atoms with Gasteiger partial charge < -0.3 is 9.32 Å². The first-order chi connectivity index (χ1) is 17.5. The van der Waals surface area contributed by atoms with E-state index in [9.17, 15) is 13.6 Å². The van der Waals surface area contributed by atoms with E-state index in [2.05, 4.69) is 22.0 Å². The van der Waals surface area contributed by atoms with Crippen LogP contribution in [0.2, 0.25) is 0 Å². The monoisotopic (exact) mass is 489 g/mol. The Hall–Kier alpha value is -3.58. The second-order valence-electron chi connectivity index (χ2n) is 9.50. The van der Waals surface area contributed by atoms with Crippen molar-refractivity contribution < 1.29 is 18.0 Å². The predicted octanol–water partition coefficient (Wildman–Crippen LogP) is 5.70. The number of pyridine rings is 1. The third kappa shape index (κ3) is 5.16. The van der Waals surface area contributed by atoms with E-state index < -0.39 is 11.6 Å². The first-order valence-electron chi connectivity index (χ1n) is 12.3. The minimum Gasteiger partial charge on any atom is -0.459 e. The minimum atomic E-state index is -0.607. The molecule has 0 bridgehead atoms. The first kappa shape index (κ1) is 24.1. The standard InChI is InChI=1S/C29H29F2N3O2/c1-33(29(35)28-8-4-16-36-28)27(17-21-9-10-23(30)18-25(21)31)20-11-14-34(15-12-20)19-22-5-2-7-26-24(22)6-3-13-32-26/h2-10,13,16,18,20,27H,11-12,14-15,17,19H2,1H3. The molecule has 4 aromatic rings. The highest BCUT2D eigenvalue weighted by atomic mass is 19.1. The second-order valence-corrected chi connectivity index (χ2v) is 9.50. The van der Waals surface area contributed by atoms with Gasteiger partial charge in [-0.2, -0.15) is 0 Å². The SMILES string of the molecule is CN(C(=O)c1ccco1)C(Cc1ccc(F)cc1F)C1CCN(Cc2cccc3ncccc23)CC1. The molecular weight excluding hydrogens is 460 g/mol. The smallest absolute Gasteiger partial charge is 0.289 e. The van der Waals surface area contributed by atoms with Crippen LogP contribution in [0.3, 0.4) is 0 Å². The number of piperidine rings is 1. The zero-order chi connectivity index (χ0) is 25.1. The molecule has 0 spiro atoms. The summed E-state index contributed by atoms with van der Waals surface area (Å²) in [6, 6.07) is 17.0. The fraction of sp³-hybridized carbons (Fsp3) is 0.310. The van der Waals surface area contributed by atoms with Crippen LogP contribution in [0.15, 0.2) is 77.5 Å². The van der Waals surface area contributed by atoms with Gasteiger partial charge in [-0.25, -0.2) is 8.78 Å². The fourth-order valence-corrected chi connectivity index (χ4v) is 5.30. The molecule has 1 atom stereocenters. The molecule has 0 aliphatic carbocycles. The third-order valence-corrected chi connectivity index (χ3v) is 7.30. The molecule has 5 rings (SSSR count). The summed E-state index contributed by atoms with van der Waals surface area (Å²) >= 11 is 0. The Morgan fingerprint density at radius 1 is 1.08 bits per heavy atom. The molecule has 1 aliphatic rings. The van der Waals surface area contributed by atoms with Crippen LogP contribution < -0.4 is 0 Å². The highest BCUT2D eigenvalue weighted by Crippen LogP contribution is 2.29. The summed E-state index contributed by atoms with van der Waals surface area (Å²) in [6.45, 7) is 2.56. The summed E-state index contributed by atoms with van der Waals surface area (Å²) in [6.07, 6.45) is 5.33. The summed E-state index contributed by atoms with van der Waals surface area (Å²) in [4.78, 5) is 21.7. The number of rotatable bonds is 7. The molecule has 1 amide bonds. The maximum atomic E-state index is 14.6. The number of likely N-dealkylation sites (N-methyl/N-ethyl adjacent to an activating group) is 1. The van der Waals surface area contributed by atoms with Gasteiger partial charge in [-0.15, -0.1) is 0 Å². The van der Waals surface area contributed by atoms with Gasteiger partial charge >= 0.3 is 0 Å². The summed E-state index contributed by atoms with van der Waals surface area (Å²) < 4.78 is 33.4. The Labute approximate surface area is 209 Å². The van der Waals surface area contributed by atoms with E-state index in [1.54, 1.807) is 24.1 Å². The van der Waals surface area contributed by atoms with E-state index in [-0.39, 0.29) is 23.6 Å². The molecule has 36 heavy (non-hydrogen) atoms. The average Bonchev–Trinajstić information content (AvgIpc) is 3.43. The van der Waals surface area contributed by atoms with Crippen molar-refractivity contribution in [1.82, 2.24) is 14.8 Å². The minimum absolute atomic E-state index is 0.170. The van der Waals surface area contributed by atoms with Crippen LogP contribution in [0.4, 0.5) is 8.78 Å². The number of benzene rings is 2. The van der Waals surface area contributed by atoms with Gasteiger partial charge in [0, 0.05) is 37.3 Å². The number of carbonyl (C=O) groups is 1. The fourth-order valence-electron chi connectivity index (χ4n) is 5.30. The molecule has 186 valence electrons. The number of nitrogens with zero attached hydrogens (tertiary/aromatic N) is 3. The summed E-state index contributed by atoms with van der Waals surface area (Å²) in [5, 5.41) is 1.16. The molecule has 1 saturated heterocycles. The molecule has 1 unspecified atom stereocenters. The highest BCUT2D eigenvalue weighted by Gasteiger charge is 2.33. The number of halogens is 2. The van der Waals surface area contributed by atoms with E-state index in [0.717, 1.165) is 49.4 Å². The lowest BCUT2D eigenvalue weighted by molar-refractivity contribution is 0.0554. The van der Waals surface area contributed by atoms with E-state index in [1.807, 2.05) is 24.4 Å². The lowest BCUT2D eigenvalue weighted by Gasteiger charge is -2.40. The van der Waals surface area contributed by atoms with E-state index in [1.165, 1.54) is 24.0 Å². The third-order valence-electron chi connectivity index (χ3n) is 7.30. The van der Waals surface area contributed by atoms with Crippen molar-refractivity contribution in [3.63, 3.8) is 0 Å². The van der Waals surface area contributed by atoms with Crippen molar-refractivity contribution in [3.8, 4) is 0 Å². The van der Waals surface area contributed by atoms with Crippen LogP contribution in [0, 0.1) is 17.6 Å². The van der Waals surface area contributed by atoms with Crippen LogP contribution in [0.5, 0.6) is 0 Å². The van der Waals surface area contributed by atoms with E-state index in [4.69, 9.17) is 4.42 Å². The Morgan fingerprint density at radius 3 is 2.67 bits per heavy atom. The molecule has 1 fully saturated rings. The van der Waals surface area contributed by atoms with Crippen LogP contribution in [-0.2, 0) is 13.0 Å². The second kappa shape index (κ2) is 10.6. The maximum absolute atomic E-state index is 14.6. The van der Waals surface area contributed by atoms with Crippen molar-refractivity contribution in [3.05, 3.63) is 102 Å². The molecular formula is C29H29F2N3O2. The number of carbonyl (C=O) groups excluding carboxylic acids is 1. The predicted molar refractivity (Wildman–Crippen MR) is 134 cm³/mol. The normalized spacial score (nSPS) is 15.8. The van der Waals surface area contributed by atoms with Gasteiger partial charge in [-0.05, 0) is 79.7 Å². The number of amides is 1. The van der Waals surface area contributed by atoms with Crippen LogP contribution in [-0.4, -0.2) is 46.9 Å². The maximum Gasteiger partial charge on any atom is 0.289 e. The van der Waals surface area contributed by atoms with Crippen molar-refractivity contribution in [2.45, 2.75) is 31.8 Å². The van der Waals surface area contributed by atoms with Crippen molar-refractivity contribution in [2.24, 2.45) is 5.92 Å². The van der Waals surface area contributed by atoms with E-state index >= 15 is 0 Å². The van der Waals surface area contributed by atoms with E-state index in [0.29, 0.717) is 12.0 Å². The summed E-state index contributed by atoms with van der Waals surface area (Å²) in [5.74, 6) is -1.00. The molecule has 7 heteroatoms. The molecule has 0 radical (unpaired) electrons. The van der Waals surface area contributed by atoms with Gasteiger partial charge in [0.05, 0.1) is 11.8 Å². The molecule has 0 N–H and O–H groups in total. The molecule has 5 nitrogen and oxygen atoms in total. The first-order valence-corrected chi connectivity index (χ1v) is 12.3. The van der Waals surface area contributed by atoms with Gasteiger partial charge in [0.15, 0.2) is 5.76 Å². The number of hydrogen-bond donors (Lipinski definition) is 0. The lowest BCUT2D eigenvalue weighted by atomic mass is 9.84. The highest BCUT2D eigenvalue weighted by molar-refractivity contribution is 5.91. The van der Waals surface area contributed by atoms with Crippen LogP contribution in [0.1, 0.15) is 34.5 Å². The molecule has 2 aromatic heterocycles. The number of likely N-dealkylation sites (tertiary alicyclic amines) is 1. The molecule has 1 aliphatic heterocycles. The number of fused-ring (bicyclic) bond motifs is 1. The Morgan fingerprint density at radius 2 is 1.92 bits per heavy atom. The summed E-state index contributed by atoms with van der Waals surface area (Å²) in [7, 11) is 1.74. The van der Waals surface area contributed by atoms with Crippen LogP contribution in [0.25, 0.3) is 10.9 Å². The number of hydrogen-bond acceptors (Lipinski definition) is 4. The van der Waals surface area contributed by atoms with Crippen molar-refractivity contribution in [1.29, 1.82) is 0 Å². The largest absolute Gasteiger partial charge is 0.459 e. The van der Waals surface area contributed by atoms with Gasteiger partial charge in [-0.3, -0.25) is 14.7 Å².